The van der Waals surface area contributed by atoms with Crippen LogP contribution in [0.5, 0.6) is 0 Å². The minimum atomic E-state index is -1.30. The first kappa shape index (κ1) is 49.4. The minimum Gasteiger partial charge on any atom is -0.481 e. The van der Waals surface area contributed by atoms with Gasteiger partial charge in [-0.15, -0.1) is 11.8 Å². The van der Waals surface area contributed by atoms with Crippen LogP contribution in [0.1, 0.15) is 57.3 Å². The first-order chi connectivity index (χ1) is 28.4. The number of nitrogens with one attached hydrogen (secondary N) is 3. The number of carboxylic acid groups (broad SMARTS) is 2. The molecule has 19 heteroatoms. The summed E-state index contributed by atoms with van der Waals surface area (Å²) in [6.45, 7) is 6.79. The summed E-state index contributed by atoms with van der Waals surface area (Å²) >= 11 is 2.05. The second-order valence-corrected chi connectivity index (χ2v) is 17.3. The van der Waals surface area contributed by atoms with Crippen LogP contribution in [0.3, 0.4) is 0 Å². The lowest BCUT2D eigenvalue weighted by atomic mass is 9.83. The Labute approximate surface area is 356 Å². The van der Waals surface area contributed by atoms with E-state index in [-0.39, 0.29) is 48.4 Å². The average Bonchev–Trinajstić information content (AvgIpc) is 3.59. The molecule has 1 aromatic heterocycles. The van der Waals surface area contributed by atoms with Crippen LogP contribution in [-0.2, 0) is 35.3 Å². The van der Waals surface area contributed by atoms with E-state index < -0.39 is 71.1 Å². The molecule has 0 spiro atoms. The van der Waals surface area contributed by atoms with Crippen molar-refractivity contribution < 1.29 is 47.8 Å². The molecule has 0 bridgehead atoms. The third kappa shape index (κ3) is 16.2. The summed E-state index contributed by atoms with van der Waals surface area (Å²) in [6.07, 6.45) is 1.80. The highest BCUT2D eigenvalue weighted by Gasteiger charge is 2.37. The predicted molar refractivity (Wildman–Crippen MR) is 228 cm³/mol. The van der Waals surface area contributed by atoms with Gasteiger partial charge in [0.15, 0.2) is 0 Å². The second-order valence-electron chi connectivity index (χ2n) is 15.0. The fourth-order valence-electron chi connectivity index (χ4n) is 6.19. The van der Waals surface area contributed by atoms with Crippen molar-refractivity contribution in [1.29, 1.82) is 0 Å². The number of hydrogen-bond donors (Lipinski definition) is 7. The summed E-state index contributed by atoms with van der Waals surface area (Å²) in [5, 5.41) is 24.4. The van der Waals surface area contributed by atoms with Gasteiger partial charge in [-0.1, -0.05) is 51.1 Å². The zero-order chi connectivity index (χ0) is 44.4. The van der Waals surface area contributed by atoms with Gasteiger partial charge in [-0.25, -0.2) is 8.78 Å². The van der Waals surface area contributed by atoms with Crippen LogP contribution in [0.25, 0.3) is 11.1 Å². The summed E-state index contributed by atoms with van der Waals surface area (Å²) in [5.41, 5.74) is 13.1. The topological polar surface area (TPSA) is 239 Å². The summed E-state index contributed by atoms with van der Waals surface area (Å²) in [4.78, 5) is 75.2. The van der Waals surface area contributed by atoms with E-state index in [9.17, 15) is 33.2 Å². The van der Waals surface area contributed by atoms with Gasteiger partial charge >= 0.3 is 11.9 Å². The molecule has 2 aromatic carbocycles. The number of carbonyl (C=O) groups is 6. The van der Waals surface area contributed by atoms with Gasteiger partial charge in [0.2, 0.25) is 23.6 Å². The number of aromatic nitrogens is 1. The van der Waals surface area contributed by atoms with Gasteiger partial charge in [0.1, 0.15) is 17.7 Å². The van der Waals surface area contributed by atoms with Gasteiger partial charge < -0.3 is 47.1 Å². The molecule has 15 nitrogen and oxygen atoms in total. The van der Waals surface area contributed by atoms with E-state index >= 15 is 4.39 Å². The van der Waals surface area contributed by atoms with Crippen LogP contribution in [0, 0.1) is 17.0 Å². The molecule has 0 saturated heterocycles. The van der Waals surface area contributed by atoms with E-state index in [1.54, 1.807) is 11.1 Å². The number of halogens is 2. The predicted octanol–water partition coefficient (Wildman–Crippen LogP) is 3.21. The standard InChI is InChI=1S/C41H55F2N7O8S2/c1-41(2,3)38(32-18-27(29-19-28(42)10-11-30(29)43)23-49(32)22-26-8-5-4-6-9-26)50(16-7-13-44)36(53)25-59-17-12-34(51)46-14-15-47-35(52)21-48-39(56)33(20-37(54)55)60-24-31(45)40(57)58/h4-6,8-11,18-19,23,31,33,38H,7,12-17,20-22,24-25,44-45H2,1-3H3,(H,46,51)(H,47,52)(H,48,56)(H,54,55)(H,57,58)/t31-,33?,38-/m0/s1. The van der Waals surface area contributed by atoms with E-state index in [0.717, 1.165) is 41.2 Å². The number of amides is 4. The normalized spacial score (nSPS) is 12.8. The number of nitrogens with two attached hydrogens (primary N) is 2. The Kier molecular flexibility index (Phi) is 20.0. The Balaban J connectivity index is 1.58. The number of rotatable bonds is 25. The molecule has 0 saturated carbocycles. The smallest absolute Gasteiger partial charge is 0.321 e. The molecular weight excluding hydrogens is 821 g/mol. The quantitative estimate of drug-likeness (QED) is 0.0608. The number of hydrogen-bond acceptors (Lipinski definition) is 10. The molecular formula is C41H55F2N7O8S2. The van der Waals surface area contributed by atoms with Gasteiger partial charge in [0, 0.05) is 67.1 Å². The Morgan fingerprint density at radius 3 is 2.25 bits per heavy atom. The Morgan fingerprint density at radius 2 is 1.62 bits per heavy atom. The van der Waals surface area contributed by atoms with Gasteiger partial charge in [-0.05, 0) is 48.2 Å². The van der Waals surface area contributed by atoms with Crippen LogP contribution in [0.2, 0.25) is 0 Å². The maximum atomic E-state index is 15.1. The molecule has 60 heavy (non-hydrogen) atoms. The van der Waals surface area contributed by atoms with Crippen molar-refractivity contribution >= 4 is 59.1 Å². The SMILES string of the molecule is CC(C)(C)[C@H](c1cc(-c2cc(F)ccc2F)cn1Cc1ccccc1)N(CCCN)C(=O)CSCCC(=O)NCCNC(=O)CNC(=O)C(CC(=O)O)SC[C@H](N)C(=O)O. The first-order valence-electron chi connectivity index (χ1n) is 19.3. The summed E-state index contributed by atoms with van der Waals surface area (Å²) in [6, 6.07) is 13.0. The molecule has 3 atom stereocenters. The van der Waals surface area contributed by atoms with Crippen molar-refractivity contribution in [3.8, 4) is 11.1 Å². The van der Waals surface area contributed by atoms with Crippen LogP contribution >= 0.6 is 23.5 Å². The monoisotopic (exact) mass is 875 g/mol. The Morgan fingerprint density at radius 1 is 0.933 bits per heavy atom. The number of nitrogens with zero attached hydrogens (tertiary/aromatic N) is 2. The minimum absolute atomic E-state index is 0.0384. The van der Waals surface area contributed by atoms with Crippen molar-refractivity contribution in [3.63, 3.8) is 0 Å². The van der Waals surface area contributed by atoms with Gasteiger partial charge in [-0.3, -0.25) is 28.8 Å². The van der Waals surface area contributed by atoms with E-state index in [1.807, 2.05) is 61.7 Å². The first-order valence-corrected chi connectivity index (χ1v) is 21.5. The van der Waals surface area contributed by atoms with E-state index in [0.29, 0.717) is 37.4 Å². The van der Waals surface area contributed by atoms with Crippen molar-refractivity contribution in [2.24, 2.45) is 16.9 Å². The highest BCUT2D eigenvalue weighted by atomic mass is 32.2. The molecule has 3 aromatic rings. The van der Waals surface area contributed by atoms with E-state index in [2.05, 4.69) is 16.0 Å². The number of thioether (sulfide) groups is 2. The maximum absolute atomic E-state index is 15.1. The van der Waals surface area contributed by atoms with E-state index in [1.165, 1.54) is 11.8 Å². The number of aliphatic carboxylic acids is 2. The maximum Gasteiger partial charge on any atom is 0.321 e. The zero-order valence-corrected chi connectivity index (χ0v) is 35.6. The zero-order valence-electron chi connectivity index (χ0n) is 34.0. The lowest BCUT2D eigenvalue weighted by Crippen LogP contribution is -2.44. The van der Waals surface area contributed by atoms with Crippen molar-refractivity contribution in [3.05, 3.63) is 83.7 Å². The summed E-state index contributed by atoms with van der Waals surface area (Å²) in [5.74, 6) is -5.39. The molecule has 328 valence electrons. The summed E-state index contributed by atoms with van der Waals surface area (Å²) < 4.78 is 31.4. The lowest BCUT2D eigenvalue weighted by Gasteiger charge is -2.41. The molecule has 1 unspecified atom stereocenters. The Bertz CT molecular complexity index is 1930. The molecule has 4 amide bonds. The molecule has 1 heterocycles. The third-order valence-corrected chi connectivity index (χ3v) is 11.3. The second kappa shape index (κ2) is 24.3. The van der Waals surface area contributed by atoms with Crippen LogP contribution < -0.4 is 27.4 Å². The van der Waals surface area contributed by atoms with Crippen molar-refractivity contribution in [1.82, 2.24) is 25.4 Å². The number of benzene rings is 2. The molecule has 0 aliphatic heterocycles. The molecule has 3 rings (SSSR count). The molecule has 0 radical (unpaired) electrons. The van der Waals surface area contributed by atoms with Crippen molar-refractivity contribution in [2.45, 2.75) is 63.9 Å². The van der Waals surface area contributed by atoms with Crippen LogP contribution in [0.15, 0.2) is 60.8 Å². The van der Waals surface area contributed by atoms with Gasteiger partial charge in [0.25, 0.3) is 0 Å². The average molecular weight is 876 g/mol. The lowest BCUT2D eigenvalue weighted by molar-refractivity contribution is -0.138. The largest absolute Gasteiger partial charge is 0.481 e. The summed E-state index contributed by atoms with van der Waals surface area (Å²) in [7, 11) is 0. The highest BCUT2D eigenvalue weighted by Crippen LogP contribution is 2.41. The fraction of sp³-hybridized carbons (Fsp3) is 0.463. The van der Waals surface area contributed by atoms with Crippen LogP contribution in [-0.4, -0.2) is 117 Å². The third-order valence-electron chi connectivity index (χ3n) is 9.04. The fourth-order valence-corrected chi connectivity index (χ4v) is 8.08. The molecule has 9 N–H and O–H groups in total. The number of carbonyl (C=O) groups excluding carboxylic acids is 4. The molecule has 0 fully saturated rings. The Hall–Kier alpha value is -4.98. The molecule has 0 aliphatic rings. The van der Waals surface area contributed by atoms with Crippen LogP contribution in [0.4, 0.5) is 8.78 Å². The molecule has 0 aliphatic carbocycles. The highest BCUT2D eigenvalue weighted by molar-refractivity contribution is 8.00. The van der Waals surface area contributed by atoms with Crippen molar-refractivity contribution in [2.75, 3.05) is 50.0 Å². The number of carboxylic acids is 2. The van der Waals surface area contributed by atoms with Gasteiger partial charge in [0.05, 0.1) is 30.0 Å². The van der Waals surface area contributed by atoms with E-state index in [4.69, 9.17) is 21.7 Å². The van der Waals surface area contributed by atoms with Gasteiger partial charge in [-0.2, -0.15) is 11.8 Å².